The summed E-state index contributed by atoms with van der Waals surface area (Å²) < 4.78 is 5.75. The van der Waals surface area contributed by atoms with Crippen LogP contribution in [0.4, 0.5) is 17.1 Å². The number of anilines is 1. The van der Waals surface area contributed by atoms with Gasteiger partial charge in [0.15, 0.2) is 0 Å². The van der Waals surface area contributed by atoms with E-state index in [1.165, 1.54) is 6.92 Å². The Balaban J connectivity index is 1.74. The van der Waals surface area contributed by atoms with E-state index in [1.54, 1.807) is 29.6 Å². The Hall–Kier alpha value is -3.50. The third-order valence-electron chi connectivity index (χ3n) is 4.41. The molecule has 0 fully saturated rings. The van der Waals surface area contributed by atoms with E-state index in [4.69, 9.17) is 16.3 Å². The minimum absolute atomic E-state index is 0.0306. The molecule has 1 heterocycles. The molecule has 9 nitrogen and oxygen atoms in total. The average molecular weight is 462 g/mol. The first-order valence-corrected chi connectivity index (χ1v) is 10.1. The van der Waals surface area contributed by atoms with Crippen LogP contribution in [0.15, 0.2) is 41.8 Å². The molecule has 160 valence electrons. The van der Waals surface area contributed by atoms with Crippen LogP contribution in [-0.2, 0) is 6.61 Å². The first-order valence-electron chi connectivity index (χ1n) is 8.87. The van der Waals surface area contributed by atoms with Crippen molar-refractivity contribution in [3.8, 4) is 5.75 Å². The van der Waals surface area contributed by atoms with Gasteiger partial charge in [-0.2, -0.15) is 0 Å². The minimum Gasteiger partial charge on any atom is -0.489 e. The Morgan fingerprint density at radius 2 is 1.74 bits per heavy atom. The van der Waals surface area contributed by atoms with E-state index in [0.29, 0.717) is 15.6 Å². The smallest absolute Gasteiger partial charge is 0.281 e. The molecule has 0 radical (unpaired) electrons. The molecule has 3 aromatic rings. The van der Waals surface area contributed by atoms with Crippen LogP contribution in [-0.4, -0.2) is 15.8 Å². The fraction of sp³-hybridized carbons (Fsp3) is 0.150. The van der Waals surface area contributed by atoms with Crippen molar-refractivity contribution in [3.63, 3.8) is 0 Å². The zero-order valence-electron chi connectivity index (χ0n) is 16.4. The van der Waals surface area contributed by atoms with Gasteiger partial charge in [0.1, 0.15) is 17.9 Å². The summed E-state index contributed by atoms with van der Waals surface area (Å²) in [5.41, 5.74) is 0.637. The molecular weight excluding hydrogens is 446 g/mol. The number of nitro groups is 2. The van der Waals surface area contributed by atoms with Gasteiger partial charge >= 0.3 is 0 Å². The molecule has 0 aliphatic carbocycles. The summed E-state index contributed by atoms with van der Waals surface area (Å²) in [5, 5.41) is 27.2. The Kier molecular flexibility index (Phi) is 6.52. The predicted molar refractivity (Wildman–Crippen MR) is 117 cm³/mol. The highest BCUT2D eigenvalue weighted by molar-refractivity contribution is 7.12. The van der Waals surface area contributed by atoms with Gasteiger partial charge in [-0.15, -0.1) is 11.3 Å². The van der Waals surface area contributed by atoms with Crippen molar-refractivity contribution in [1.29, 1.82) is 0 Å². The van der Waals surface area contributed by atoms with E-state index in [-0.39, 0.29) is 17.9 Å². The van der Waals surface area contributed by atoms with Gasteiger partial charge in [-0.3, -0.25) is 25.0 Å². The van der Waals surface area contributed by atoms with Gasteiger partial charge in [0.25, 0.3) is 17.3 Å². The molecule has 31 heavy (non-hydrogen) atoms. The van der Waals surface area contributed by atoms with Gasteiger partial charge in [0, 0.05) is 22.7 Å². The SMILES string of the molecule is Cc1cc(Cl)ccc1OCc1csc(C(=O)Nc2cc([N+](=O)[O-])c(C)c([N+](=O)[O-])c2)c1. The van der Waals surface area contributed by atoms with Crippen molar-refractivity contribution in [1.82, 2.24) is 0 Å². The molecule has 0 bridgehead atoms. The number of hydrogen-bond acceptors (Lipinski definition) is 7. The second-order valence-corrected chi connectivity index (χ2v) is 7.97. The molecule has 0 saturated carbocycles. The lowest BCUT2D eigenvalue weighted by Crippen LogP contribution is -2.11. The summed E-state index contributed by atoms with van der Waals surface area (Å²) in [6, 6.07) is 9.08. The van der Waals surface area contributed by atoms with Crippen molar-refractivity contribution in [2.45, 2.75) is 20.5 Å². The summed E-state index contributed by atoms with van der Waals surface area (Å²) >= 11 is 7.09. The predicted octanol–water partition coefficient (Wildman–Crippen LogP) is 5.67. The van der Waals surface area contributed by atoms with Crippen LogP contribution in [0, 0.1) is 34.1 Å². The standard InChI is InChI=1S/C20H16ClN3O6S/c1-11-5-14(21)3-4-18(11)30-9-13-6-19(31-10-13)20(25)22-15-7-16(23(26)27)12(2)17(8-15)24(28)29/h3-8,10H,9H2,1-2H3,(H,22,25). The van der Waals surface area contributed by atoms with Crippen LogP contribution in [0.1, 0.15) is 26.4 Å². The average Bonchev–Trinajstić information content (AvgIpc) is 3.17. The van der Waals surface area contributed by atoms with E-state index in [0.717, 1.165) is 34.6 Å². The number of hydrogen-bond donors (Lipinski definition) is 1. The zero-order valence-corrected chi connectivity index (χ0v) is 18.0. The van der Waals surface area contributed by atoms with Crippen LogP contribution in [0.5, 0.6) is 5.75 Å². The summed E-state index contributed by atoms with van der Waals surface area (Å²) in [7, 11) is 0. The first kappa shape index (κ1) is 22.2. The normalized spacial score (nSPS) is 10.5. The Morgan fingerprint density at radius 1 is 1.10 bits per heavy atom. The Bertz CT molecular complexity index is 1160. The Labute approximate surface area is 185 Å². The highest BCUT2D eigenvalue weighted by Gasteiger charge is 2.24. The monoisotopic (exact) mass is 461 g/mol. The van der Waals surface area contributed by atoms with Gasteiger partial charge in [-0.1, -0.05) is 11.6 Å². The number of benzene rings is 2. The van der Waals surface area contributed by atoms with Crippen LogP contribution < -0.4 is 10.1 Å². The fourth-order valence-electron chi connectivity index (χ4n) is 2.83. The van der Waals surface area contributed by atoms with E-state index >= 15 is 0 Å². The highest BCUT2D eigenvalue weighted by atomic mass is 35.5. The molecule has 2 aromatic carbocycles. The number of nitro benzene ring substituents is 2. The molecule has 3 rings (SSSR count). The molecule has 11 heteroatoms. The lowest BCUT2D eigenvalue weighted by molar-refractivity contribution is -0.395. The Morgan fingerprint density at radius 3 is 2.32 bits per heavy atom. The third-order valence-corrected chi connectivity index (χ3v) is 5.63. The van der Waals surface area contributed by atoms with Crippen LogP contribution in [0.3, 0.4) is 0 Å². The number of carbonyl (C=O) groups excluding carboxylic acids is 1. The summed E-state index contributed by atoms with van der Waals surface area (Å²) in [6.45, 7) is 3.39. The number of aryl methyl sites for hydroxylation is 1. The van der Waals surface area contributed by atoms with E-state index in [1.807, 2.05) is 6.92 Å². The molecule has 0 saturated heterocycles. The maximum Gasteiger partial charge on any atom is 0.281 e. The largest absolute Gasteiger partial charge is 0.489 e. The second-order valence-electron chi connectivity index (χ2n) is 6.63. The lowest BCUT2D eigenvalue weighted by Gasteiger charge is -2.08. The number of nitrogens with one attached hydrogen (secondary N) is 1. The van der Waals surface area contributed by atoms with Crippen molar-refractivity contribution in [3.05, 3.63) is 88.6 Å². The van der Waals surface area contributed by atoms with E-state index in [9.17, 15) is 25.0 Å². The van der Waals surface area contributed by atoms with E-state index in [2.05, 4.69) is 5.32 Å². The van der Waals surface area contributed by atoms with Gasteiger partial charge in [0.05, 0.1) is 20.4 Å². The maximum atomic E-state index is 12.5. The lowest BCUT2D eigenvalue weighted by atomic mass is 10.1. The van der Waals surface area contributed by atoms with Gasteiger partial charge < -0.3 is 10.1 Å². The quantitative estimate of drug-likeness (QED) is 0.357. The van der Waals surface area contributed by atoms with Crippen molar-refractivity contribution < 1.29 is 19.4 Å². The van der Waals surface area contributed by atoms with Crippen molar-refractivity contribution >= 4 is 45.9 Å². The van der Waals surface area contributed by atoms with Crippen LogP contribution >= 0.6 is 22.9 Å². The van der Waals surface area contributed by atoms with Crippen LogP contribution in [0.25, 0.3) is 0 Å². The number of ether oxygens (including phenoxy) is 1. The number of rotatable bonds is 7. The summed E-state index contributed by atoms with van der Waals surface area (Å²) in [5.74, 6) is 0.132. The topological polar surface area (TPSA) is 125 Å². The molecule has 0 spiro atoms. The van der Waals surface area contributed by atoms with Gasteiger partial charge in [-0.05, 0) is 49.1 Å². The molecule has 1 N–H and O–H groups in total. The number of thiophene rings is 1. The maximum absolute atomic E-state index is 12.5. The van der Waals surface area contributed by atoms with Gasteiger partial charge in [-0.25, -0.2) is 0 Å². The van der Waals surface area contributed by atoms with Crippen molar-refractivity contribution in [2.24, 2.45) is 0 Å². The summed E-state index contributed by atoms with van der Waals surface area (Å²) in [4.78, 5) is 33.8. The molecule has 0 unspecified atom stereocenters. The number of nitrogens with zero attached hydrogens (tertiary/aromatic N) is 2. The fourth-order valence-corrected chi connectivity index (χ4v) is 3.85. The molecular formula is C20H16ClN3O6S. The molecule has 0 aliphatic heterocycles. The number of halogens is 1. The highest BCUT2D eigenvalue weighted by Crippen LogP contribution is 2.32. The zero-order chi connectivity index (χ0) is 22.7. The molecule has 0 atom stereocenters. The second kappa shape index (κ2) is 9.11. The first-order chi connectivity index (χ1) is 14.7. The minimum atomic E-state index is -0.725. The molecule has 0 aliphatic rings. The summed E-state index contributed by atoms with van der Waals surface area (Å²) in [6.07, 6.45) is 0. The van der Waals surface area contributed by atoms with Gasteiger partial charge in [0.2, 0.25) is 0 Å². The van der Waals surface area contributed by atoms with Crippen molar-refractivity contribution in [2.75, 3.05) is 5.32 Å². The third kappa shape index (κ3) is 5.16. The molecule has 1 amide bonds. The number of amides is 1. The molecule has 1 aromatic heterocycles. The number of carbonyl (C=O) groups is 1. The van der Waals surface area contributed by atoms with E-state index < -0.39 is 27.1 Å². The van der Waals surface area contributed by atoms with Crippen LogP contribution in [0.2, 0.25) is 5.02 Å².